The van der Waals surface area contributed by atoms with Gasteiger partial charge in [0.1, 0.15) is 0 Å². The van der Waals surface area contributed by atoms with E-state index in [4.69, 9.17) is 4.74 Å². The highest BCUT2D eigenvalue weighted by Crippen LogP contribution is 2.38. The standard InChI is InChI=1S/C17H15N5OS/c1-2-24-17-20-16-14(21-22-17)11-7-3-4-8-12(11)19-15(23-16)13-9-5-6-10-18-13/h3-10,15,19H,2H2,1H3/p+1. The van der Waals surface area contributed by atoms with Gasteiger partial charge in [0.15, 0.2) is 11.9 Å². The third-order valence-corrected chi connectivity index (χ3v) is 4.34. The summed E-state index contributed by atoms with van der Waals surface area (Å²) in [6.45, 7) is 2.05. The lowest BCUT2D eigenvalue weighted by Crippen LogP contribution is -2.24. The van der Waals surface area contributed by atoms with Crippen molar-refractivity contribution in [1.29, 1.82) is 0 Å². The van der Waals surface area contributed by atoms with Gasteiger partial charge in [-0.2, -0.15) is 4.98 Å². The Morgan fingerprint density at radius 2 is 2.04 bits per heavy atom. The molecule has 0 saturated carbocycles. The van der Waals surface area contributed by atoms with Gasteiger partial charge in [-0.25, -0.2) is 4.98 Å². The van der Waals surface area contributed by atoms with Crippen LogP contribution in [0.25, 0.3) is 11.3 Å². The molecule has 0 radical (unpaired) electrons. The van der Waals surface area contributed by atoms with E-state index in [0.717, 1.165) is 22.7 Å². The number of benzene rings is 1. The Balaban J connectivity index is 1.84. The van der Waals surface area contributed by atoms with Crippen molar-refractivity contribution in [2.24, 2.45) is 0 Å². The Kier molecular flexibility index (Phi) is 4.00. The molecule has 0 amide bonds. The van der Waals surface area contributed by atoms with Crippen molar-refractivity contribution in [3.8, 4) is 17.1 Å². The van der Waals surface area contributed by atoms with E-state index in [2.05, 4.69) is 32.4 Å². The molecule has 0 spiro atoms. The van der Waals surface area contributed by atoms with Crippen molar-refractivity contribution in [2.75, 3.05) is 11.1 Å². The van der Waals surface area contributed by atoms with Crippen LogP contribution in [0.1, 0.15) is 18.8 Å². The number of H-pyrrole nitrogens is 1. The first-order valence-electron chi connectivity index (χ1n) is 7.72. The van der Waals surface area contributed by atoms with E-state index in [1.54, 1.807) is 11.8 Å². The van der Waals surface area contributed by atoms with E-state index in [-0.39, 0.29) is 6.23 Å². The summed E-state index contributed by atoms with van der Waals surface area (Å²) in [5.74, 6) is 1.37. The molecular formula is C17H16N5OS+. The summed E-state index contributed by atoms with van der Waals surface area (Å²) in [4.78, 5) is 7.76. The Morgan fingerprint density at radius 1 is 1.17 bits per heavy atom. The smallest absolute Gasteiger partial charge is 0.257 e. The van der Waals surface area contributed by atoms with Gasteiger partial charge in [-0.15, -0.1) is 10.2 Å². The average Bonchev–Trinajstić information content (AvgIpc) is 2.79. The molecule has 4 rings (SSSR count). The average molecular weight is 338 g/mol. The molecule has 120 valence electrons. The van der Waals surface area contributed by atoms with Gasteiger partial charge in [-0.3, -0.25) is 0 Å². The SMILES string of the molecule is CCSc1nnc2c(n1)OC(c1cccc[nH+]1)Nc1ccccc1-2. The fourth-order valence-electron chi connectivity index (χ4n) is 2.55. The molecule has 24 heavy (non-hydrogen) atoms. The van der Waals surface area contributed by atoms with Gasteiger partial charge in [0.25, 0.3) is 6.23 Å². The topological polar surface area (TPSA) is 74.1 Å². The maximum absolute atomic E-state index is 6.14. The molecule has 7 heteroatoms. The zero-order chi connectivity index (χ0) is 16.4. The van der Waals surface area contributed by atoms with Gasteiger partial charge in [0.05, 0.1) is 0 Å². The predicted octanol–water partition coefficient (Wildman–Crippen LogP) is 2.97. The quantitative estimate of drug-likeness (QED) is 0.740. The number of hydrogen-bond donors (Lipinski definition) is 1. The van der Waals surface area contributed by atoms with E-state index in [9.17, 15) is 0 Å². The summed E-state index contributed by atoms with van der Waals surface area (Å²) in [7, 11) is 0. The van der Waals surface area contributed by atoms with Crippen molar-refractivity contribution in [1.82, 2.24) is 15.2 Å². The molecule has 1 unspecified atom stereocenters. The van der Waals surface area contributed by atoms with Crippen LogP contribution in [-0.4, -0.2) is 20.9 Å². The summed E-state index contributed by atoms with van der Waals surface area (Å²) >= 11 is 1.54. The van der Waals surface area contributed by atoms with Crippen LogP contribution in [-0.2, 0) is 0 Å². The molecule has 2 N–H and O–H groups in total. The number of hydrogen-bond acceptors (Lipinski definition) is 6. The first kappa shape index (κ1) is 14.9. The van der Waals surface area contributed by atoms with Crippen LogP contribution in [0.3, 0.4) is 0 Å². The normalized spacial score (nSPS) is 15.5. The lowest BCUT2D eigenvalue weighted by Gasteiger charge is -2.15. The largest absolute Gasteiger partial charge is 0.441 e. The van der Waals surface area contributed by atoms with Crippen LogP contribution < -0.4 is 15.0 Å². The molecule has 0 aliphatic carbocycles. The summed E-state index contributed by atoms with van der Waals surface area (Å²) in [6, 6.07) is 13.8. The molecule has 1 aliphatic heterocycles. The number of thioether (sulfide) groups is 1. The first-order valence-corrected chi connectivity index (χ1v) is 8.70. The Morgan fingerprint density at radius 3 is 2.88 bits per heavy atom. The second kappa shape index (κ2) is 6.45. The summed E-state index contributed by atoms with van der Waals surface area (Å²) in [5, 5.41) is 12.6. The summed E-state index contributed by atoms with van der Waals surface area (Å²) in [5.41, 5.74) is 3.42. The first-order chi connectivity index (χ1) is 11.8. The molecule has 3 heterocycles. The molecule has 1 aromatic carbocycles. The van der Waals surface area contributed by atoms with Crippen molar-refractivity contribution in [3.05, 3.63) is 54.4 Å². The number of ether oxygens (including phenoxy) is 1. The van der Waals surface area contributed by atoms with E-state index < -0.39 is 0 Å². The molecule has 1 atom stereocenters. The third kappa shape index (κ3) is 2.78. The fourth-order valence-corrected chi connectivity index (χ4v) is 3.05. The molecule has 0 saturated heterocycles. The summed E-state index contributed by atoms with van der Waals surface area (Å²) < 4.78 is 6.14. The fraction of sp³-hybridized carbons (Fsp3) is 0.176. The highest BCUT2D eigenvalue weighted by molar-refractivity contribution is 7.99. The Bertz CT molecular complexity index is 859. The van der Waals surface area contributed by atoms with Gasteiger partial charge >= 0.3 is 0 Å². The van der Waals surface area contributed by atoms with Crippen LogP contribution in [0.5, 0.6) is 5.88 Å². The number of para-hydroxylation sites is 1. The van der Waals surface area contributed by atoms with E-state index in [0.29, 0.717) is 16.7 Å². The van der Waals surface area contributed by atoms with Crippen molar-refractivity contribution in [3.63, 3.8) is 0 Å². The highest BCUT2D eigenvalue weighted by atomic mass is 32.2. The monoisotopic (exact) mass is 338 g/mol. The van der Waals surface area contributed by atoms with Gasteiger partial charge in [0.2, 0.25) is 16.7 Å². The van der Waals surface area contributed by atoms with Gasteiger partial charge in [-0.05, 0) is 17.9 Å². The molecule has 3 aromatic rings. The van der Waals surface area contributed by atoms with Crippen molar-refractivity contribution in [2.45, 2.75) is 18.3 Å². The maximum Gasteiger partial charge on any atom is 0.257 e. The summed E-state index contributed by atoms with van der Waals surface area (Å²) in [6.07, 6.45) is 1.49. The molecular weight excluding hydrogens is 322 g/mol. The maximum atomic E-state index is 6.14. The van der Waals surface area contributed by atoms with Gasteiger partial charge in [0, 0.05) is 23.4 Å². The van der Waals surface area contributed by atoms with Gasteiger partial charge in [-0.1, -0.05) is 36.9 Å². The number of pyridine rings is 1. The minimum absolute atomic E-state index is 0.384. The number of aromatic amines is 1. The lowest BCUT2D eigenvalue weighted by atomic mass is 10.1. The molecule has 0 fully saturated rings. The minimum atomic E-state index is -0.384. The predicted molar refractivity (Wildman–Crippen MR) is 91.7 cm³/mol. The number of anilines is 1. The van der Waals surface area contributed by atoms with Crippen LogP contribution in [0.15, 0.2) is 53.8 Å². The zero-order valence-corrected chi connectivity index (χ0v) is 13.9. The minimum Gasteiger partial charge on any atom is -0.441 e. The van der Waals surface area contributed by atoms with Crippen molar-refractivity contribution >= 4 is 17.4 Å². The molecule has 0 bridgehead atoms. The Hall–Kier alpha value is -2.67. The van der Waals surface area contributed by atoms with Crippen LogP contribution in [0.4, 0.5) is 5.69 Å². The van der Waals surface area contributed by atoms with Crippen molar-refractivity contribution < 1.29 is 9.72 Å². The van der Waals surface area contributed by atoms with Gasteiger partial charge < -0.3 is 10.1 Å². The lowest BCUT2D eigenvalue weighted by molar-refractivity contribution is -0.397. The van der Waals surface area contributed by atoms with Crippen LogP contribution >= 0.6 is 11.8 Å². The Labute approximate surface area is 143 Å². The third-order valence-electron chi connectivity index (χ3n) is 3.62. The second-order valence-electron chi connectivity index (χ2n) is 5.19. The number of rotatable bonds is 3. The highest BCUT2D eigenvalue weighted by Gasteiger charge is 2.28. The number of nitrogens with zero attached hydrogens (tertiary/aromatic N) is 3. The van der Waals surface area contributed by atoms with E-state index >= 15 is 0 Å². The molecule has 6 nitrogen and oxygen atoms in total. The van der Waals surface area contributed by atoms with E-state index in [1.807, 2.05) is 48.7 Å². The van der Waals surface area contributed by atoms with Crippen LogP contribution in [0, 0.1) is 0 Å². The van der Waals surface area contributed by atoms with Crippen LogP contribution in [0.2, 0.25) is 0 Å². The molecule has 2 aromatic heterocycles. The number of fused-ring (bicyclic) bond motifs is 3. The number of aromatic nitrogens is 4. The van der Waals surface area contributed by atoms with E-state index in [1.165, 1.54) is 0 Å². The second-order valence-corrected chi connectivity index (χ2v) is 6.42. The number of nitrogens with one attached hydrogen (secondary N) is 2. The zero-order valence-electron chi connectivity index (χ0n) is 13.1. The molecule has 1 aliphatic rings.